The summed E-state index contributed by atoms with van der Waals surface area (Å²) in [5.41, 5.74) is 6.03. The van der Waals surface area contributed by atoms with Crippen LogP contribution in [0, 0.1) is 5.41 Å². The van der Waals surface area contributed by atoms with Gasteiger partial charge in [0.05, 0.1) is 12.1 Å². The maximum atomic E-state index is 12.0. The molecule has 0 unspecified atom stereocenters. The van der Waals surface area contributed by atoms with Crippen LogP contribution in [-0.4, -0.2) is 17.6 Å². The SMILES string of the molecule is CC(C)(C)[C@H](O)[C@H](N)c1ccc(OC(F)(F)F)cc1. The van der Waals surface area contributed by atoms with Crippen molar-refractivity contribution in [2.75, 3.05) is 0 Å². The number of nitrogens with two attached hydrogens (primary N) is 1. The van der Waals surface area contributed by atoms with E-state index in [-0.39, 0.29) is 5.75 Å². The Morgan fingerprint density at radius 1 is 1.11 bits per heavy atom. The number of hydrogen-bond donors (Lipinski definition) is 2. The van der Waals surface area contributed by atoms with Gasteiger partial charge in [0.1, 0.15) is 5.75 Å². The maximum absolute atomic E-state index is 12.0. The van der Waals surface area contributed by atoms with Crippen LogP contribution >= 0.6 is 0 Å². The number of hydrogen-bond acceptors (Lipinski definition) is 3. The van der Waals surface area contributed by atoms with Crippen molar-refractivity contribution in [1.82, 2.24) is 0 Å². The van der Waals surface area contributed by atoms with Crippen LogP contribution in [0.4, 0.5) is 13.2 Å². The summed E-state index contributed by atoms with van der Waals surface area (Å²) < 4.78 is 39.8. The topological polar surface area (TPSA) is 55.5 Å². The number of aliphatic hydroxyl groups is 1. The second-order valence-electron chi connectivity index (χ2n) is 5.45. The Hall–Kier alpha value is -1.27. The van der Waals surface area contributed by atoms with E-state index in [1.54, 1.807) is 0 Å². The Morgan fingerprint density at radius 3 is 1.95 bits per heavy atom. The van der Waals surface area contributed by atoms with Gasteiger partial charge in [-0.05, 0) is 23.1 Å². The molecule has 1 aromatic carbocycles. The molecule has 0 aromatic heterocycles. The zero-order valence-corrected chi connectivity index (χ0v) is 11.0. The van der Waals surface area contributed by atoms with Crippen molar-refractivity contribution in [2.24, 2.45) is 11.1 Å². The summed E-state index contributed by atoms with van der Waals surface area (Å²) in [6.07, 6.45) is -5.52. The molecular weight excluding hydrogens is 259 g/mol. The van der Waals surface area contributed by atoms with Crippen LogP contribution in [0.15, 0.2) is 24.3 Å². The Morgan fingerprint density at radius 2 is 1.58 bits per heavy atom. The van der Waals surface area contributed by atoms with Crippen LogP contribution in [0.2, 0.25) is 0 Å². The summed E-state index contributed by atoms with van der Waals surface area (Å²) in [6.45, 7) is 5.50. The third-order valence-corrected chi connectivity index (χ3v) is 2.73. The number of alkyl halides is 3. The normalized spacial score (nSPS) is 16.0. The molecule has 2 atom stereocenters. The quantitative estimate of drug-likeness (QED) is 0.893. The first-order chi connectivity index (χ1) is 8.50. The molecule has 1 rings (SSSR count). The summed E-state index contributed by atoms with van der Waals surface area (Å²) in [4.78, 5) is 0. The van der Waals surface area contributed by atoms with E-state index in [0.717, 1.165) is 0 Å². The highest BCUT2D eigenvalue weighted by Gasteiger charge is 2.32. The molecule has 3 nitrogen and oxygen atoms in total. The third-order valence-electron chi connectivity index (χ3n) is 2.73. The predicted molar refractivity (Wildman–Crippen MR) is 65.5 cm³/mol. The minimum atomic E-state index is -4.71. The minimum Gasteiger partial charge on any atom is -0.406 e. The molecule has 0 spiro atoms. The molecule has 6 heteroatoms. The lowest BCUT2D eigenvalue weighted by molar-refractivity contribution is -0.274. The summed E-state index contributed by atoms with van der Waals surface area (Å²) >= 11 is 0. The lowest BCUT2D eigenvalue weighted by Crippen LogP contribution is -2.36. The zero-order chi connectivity index (χ0) is 14.8. The molecular formula is C13H18F3NO2. The first kappa shape index (κ1) is 15.8. The Bertz CT molecular complexity index is 409. The zero-order valence-electron chi connectivity index (χ0n) is 11.0. The van der Waals surface area contributed by atoms with Crippen LogP contribution in [0.25, 0.3) is 0 Å². The number of benzene rings is 1. The highest BCUT2D eigenvalue weighted by atomic mass is 19.4. The lowest BCUT2D eigenvalue weighted by Gasteiger charge is -2.31. The minimum absolute atomic E-state index is 0.311. The summed E-state index contributed by atoms with van der Waals surface area (Å²) in [7, 11) is 0. The van der Waals surface area contributed by atoms with Gasteiger partial charge in [0.15, 0.2) is 0 Å². The Kier molecular flexibility index (Phi) is 4.47. The average molecular weight is 277 g/mol. The highest BCUT2D eigenvalue weighted by Crippen LogP contribution is 2.30. The van der Waals surface area contributed by atoms with E-state index < -0.39 is 23.9 Å². The van der Waals surface area contributed by atoms with E-state index in [1.807, 2.05) is 20.8 Å². The van der Waals surface area contributed by atoms with Crippen molar-refractivity contribution in [3.63, 3.8) is 0 Å². The lowest BCUT2D eigenvalue weighted by atomic mass is 9.82. The first-order valence-corrected chi connectivity index (χ1v) is 5.80. The summed E-state index contributed by atoms with van der Waals surface area (Å²) in [5.74, 6) is -0.311. The van der Waals surface area contributed by atoms with E-state index >= 15 is 0 Å². The molecule has 0 fully saturated rings. The fraction of sp³-hybridized carbons (Fsp3) is 0.538. The standard InChI is InChI=1S/C13H18F3NO2/c1-12(2,3)11(18)10(17)8-4-6-9(7-5-8)19-13(14,15)16/h4-7,10-11,18H,17H2,1-3H3/t10-,11-/m1/s1. The van der Waals surface area contributed by atoms with Crippen molar-refractivity contribution < 1.29 is 23.0 Å². The molecule has 3 N–H and O–H groups in total. The molecule has 0 heterocycles. The van der Waals surface area contributed by atoms with Gasteiger partial charge in [-0.1, -0.05) is 32.9 Å². The van der Waals surface area contributed by atoms with Gasteiger partial charge in [0.25, 0.3) is 0 Å². The predicted octanol–water partition coefficient (Wildman–Crippen LogP) is 2.99. The van der Waals surface area contributed by atoms with E-state index in [1.165, 1.54) is 24.3 Å². The molecule has 1 aromatic rings. The molecule has 0 saturated heterocycles. The fourth-order valence-corrected chi connectivity index (χ4v) is 1.61. The van der Waals surface area contributed by atoms with E-state index in [2.05, 4.69) is 4.74 Å². The van der Waals surface area contributed by atoms with Gasteiger partial charge in [0.2, 0.25) is 0 Å². The molecule has 0 radical (unpaired) electrons. The molecule has 0 aliphatic carbocycles. The summed E-state index contributed by atoms with van der Waals surface area (Å²) in [6, 6.07) is 4.53. The van der Waals surface area contributed by atoms with Crippen LogP contribution in [0.1, 0.15) is 32.4 Å². The van der Waals surface area contributed by atoms with Gasteiger partial charge >= 0.3 is 6.36 Å². The van der Waals surface area contributed by atoms with Crippen molar-refractivity contribution in [1.29, 1.82) is 0 Å². The van der Waals surface area contributed by atoms with Gasteiger partial charge in [-0.2, -0.15) is 0 Å². The first-order valence-electron chi connectivity index (χ1n) is 5.80. The van der Waals surface area contributed by atoms with Crippen LogP contribution in [0.3, 0.4) is 0 Å². The van der Waals surface area contributed by atoms with Gasteiger partial charge in [0, 0.05) is 0 Å². The maximum Gasteiger partial charge on any atom is 0.573 e. The van der Waals surface area contributed by atoms with Crippen LogP contribution in [0.5, 0.6) is 5.75 Å². The molecule has 0 amide bonds. The molecule has 0 bridgehead atoms. The fourth-order valence-electron chi connectivity index (χ4n) is 1.61. The second kappa shape index (κ2) is 5.38. The Balaban J connectivity index is 2.82. The molecule has 19 heavy (non-hydrogen) atoms. The second-order valence-corrected chi connectivity index (χ2v) is 5.45. The van der Waals surface area contributed by atoms with Crippen LogP contribution in [-0.2, 0) is 0 Å². The van der Waals surface area contributed by atoms with Crippen molar-refractivity contribution in [3.05, 3.63) is 29.8 Å². The van der Waals surface area contributed by atoms with Gasteiger partial charge < -0.3 is 15.6 Å². The van der Waals surface area contributed by atoms with E-state index in [4.69, 9.17) is 5.73 Å². The van der Waals surface area contributed by atoms with E-state index in [0.29, 0.717) is 5.56 Å². The number of rotatable bonds is 3. The van der Waals surface area contributed by atoms with Crippen molar-refractivity contribution in [2.45, 2.75) is 39.3 Å². The van der Waals surface area contributed by atoms with Crippen LogP contribution < -0.4 is 10.5 Å². The molecule has 108 valence electrons. The van der Waals surface area contributed by atoms with E-state index in [9.17, 15) is 18.3 Å². The van der Waals surface area contributed by atoms with Gasteiger partial charge in [-0.3, -0.25) is 0 Å². The number of ether oxygens (including phenoxy) is 1. The Labute approximate surface area is 110 Å². The highest BCUT2D eigenvalue weighted by molar-refractivity contribution is 5.30. The molecule has 0 aliphatic heterocycles. The number of halogens is 3. The van der Waals surface area contributed by atoms with Gasteiger partial charge in [-0.25, -0.2) is 0 Å². The molecule has 0 saturated carbocycles. The smallest absolute Gasteiger partial charge is 0.406 e. The number of aliphatic hydroxyl groups excluding tert-OH is 1. The summed E-state index contributed by atoms with van der Waals surface area (Å²) in [5, 5.41) is 10.0. The van der Waals surface area contributed by atoms with Crippen molar-refractivity contribution in [3.8, 4) is 5.75 Å². The third kappa shape index (κ3) is 4.72. The average Bonchev–Trinajstić information content (AvgIpc) is 2.24. The van der Waals surface area contributed by atoms with Crippen molar-refractivity contribution >= 4 is 0 Å². The molecule has 0 aliphatic rings. The monoisotopic (exact) mass is 277 g/mol. The largest absolute Gasteiger partial charge is 0.573 e. The van der Waals surface area contributed by atoms with Gasteiger partial charge in [-0.15, -0.1) is 13.2 Å².